The van der Waals surface area contributed by atoms with Crippen LogP contribution in [0.2, 0.25) is 0 Å². The fourth-order valence-electron chi connectivity index (χ4n) is 2.24. The van der Waals surface area contributed by atoms with E-state index in [1.165, 1.54) is 18.2 Å². The van der Waals surface area contributed by atoms with Crippen LogP contribution in [-0.4, -0.2) is 18.0 Å². The number of nitro groups is 1. The molecule has 0 saturated carbocycles. The van der Waals surface area contributed by atoms with Crippen LogP contribution in [0.25, 0.3) is 0 Å². The van der Waals surface area contributed by atoms with E-state index >= 15 is 0 Å². The summed E-state index contributed by atoms with van der Waals surface area (Å²) in [6.45, 7) is 1.87. The number of hydrogen-bond acceptors (Lipinski definition) is 3. The molecule has 0 aromatic heterocycles. The first-order chi connectivity index (χ1) is 8.16. The van der Waals surface area contributed by atoms with Gasteiger partial charge in [-0.2, -0.15) is 0 Å². The average molecular weight is 238 g/mol. The number of nitro benzene ring substituents is 1. The minimum Gasteiger partial charge on any atom is -0.316 e. The van der Waals surface area contributed by atoms with Crippen molar-refractivity contribution in [2.75, 3.05) is 13.1 Å². The zero-order valence-electron chi connectivity index (χ0n) is 9.49. The standard InChI is InChI=1S/C12H15FN2O2/c13-12-4-3-11(15(16)17)7-10(12)6-9-2-1-5-14-8-9/h3-4,7,9,14H,1-2,5-6,8H2. The Balaban J connectivity index is 2.13. The Morgan fingerprint density at radius 2 is 2.35 bits per heavy atom. The summed E-state index contributed by atoms with van der Waals surface area (Å²) in [5.41, 5.74) is 0.415. The Bertz CT molecular complexity index is 417. The summed E-state index contributed by atoms with van der Waals surface area (Å²) in [5, 5.41) is 13.9. The minimum absolute atomic E-state index is 0.0369. The van der Waals surface area contributed by atoms with Gasteiger partial charge in [-0.25, -0.2) is 4.39 Å². The number of rotatable bonds is 3. The fourth-order valence-corrected chi connectivity index (χ4v) is 2.24. The van der Waals surface area contributed by atoms with Gasteiger partial charge in [0, 0.05) is 12.1 Å². The highest BCUT2D eigenvalue weighted by atomic mass is 19.1. The van der Waals surface area contributed by atoms with Crippen molar-refractivity contribution in [3.05, 3.63) is 39.7 Å². The van der Waals surface area contributed by atoms with Crippen LogP contribution in [0.4, 0.5) is 10.1 Å². The van der Waals surface area contributed by atoms with Crippen molar-refractivity contribution in [2.45, 2.75) is 19.3 Å². The van der Waals surface area contributed by atoms with Crippen LogP contribution in [0, 0.1) is 21.8 Å². The van der Waals surface area contributed by atoms with Crippen LogP contribution in [0.1, 0.15) is 18.4 Å². The van der Waals surface area contributed by atoms with E-state index < -0.39 is 4.92 Å². The highest BCUT2D eigenvalue weighted by molar-refractivity contribution is 5.35. The molecule has 1 saturated heterocycles. The lowest BCUT2D eigenvalue weighted by molar-refractivity contribution is -0.385. The number of benzene rings is 1. The van der Waals surface area contributed by atoms with Crippen molar-refractivity contribution >= 4 is 5.69 Å². The molecule has 4 nitrogen and oxygen atoms in total. The maximum absolute atomic E-state index is 13.5. The third kappa shape index (κ3) is 3.00. The van der Waals surface area contributed by atoms with E-state index in [0.717, 1.165) is 25.9 Å². The summed E-state index contributed by atoms with van der Waals surface area (Å²) < 4.78 is 13.5. The van der Waals surface area contributed by atoms with Gasteiger partial charge in [0.05, 0.1) is 4.92 Å². The molecular weight excluding hydrogens is 223 g/mol. The number of non-ortho nitro benzene ring substituents is 1. The molecule has 1 aliphatic heterocycles. The Morgan fingerprint density at radius 3 is 3.00 bits per heavy atom. The first kappa shape index (κ1) is 12.0. The second-order valence-electron chi connectivity index (χ2n) is 4.45. The van der Waals surface area contributed by atoms with Crippen molar-refractivity contribution in [1.82, 2.24) is 5.32 Å². The van der Waals surface area contributed by atoms with Gasteiger partial charge in [-0.05, 0) is 49.9 Å². The van der Waals surface area contributed by atoms with E-state index in [1.54, 1.807) is 0 Å². The molecule has 5 heteroatoms. The highest BCUT2D eigenvalue weighted by Gasteiger charge is 2.17. The second-order valence-corrected chi connectivity index (χ2v) is 4.45. The van der Waals surface area contributed by atoms with Gasteiger partial charge in [0.15, 0.2) is 0 Å². The van der Waals surface area contributed by atoms with Crippen LogP contribution in [0.5, 0.6) is 0 Å². The Hall–Kier alpha value is -1.49. The molecule has 0 spiro atoms. The number of nitrogens with one attached hydrogen (secondary N) is 1. The van der Waals surface area contributed by atoms with Crippen LogP contribution < -0.4 is 5.32 Å². The Labute approximate surface area is 99.0 Å². The molecule has 1 heterocycles. The molecule has 92 valence electrons. The smallest absolute Gasteiger partial charge is 0.269 e. The molecule has 1 unspecified atom stereocenters. The van der Waals surface area contributed by atoms with E-state index in [0.29, 0.717) is 17.9 Å². The zero-order valence-corrected chi connectivity index (χ0v) is 9.49. The minimum atomic E-state index is -0.484. The number of nitrogens with zero attached hydrogens (tertiary/aromatic N) is 1. The molecule has 1 aliphatic rings. The first-order valence-corrected chi connectivity index (χ1v) is 5.80. The van der Waals surface area contributed by atoms with Gasteiger partial charge in [0.2, 0.25) is 0 Å². The molecule has 1 aromatic carbocycles. The predicted molar refractivity (Wildman–Crippen MR) is 62.4 cm³/mol. The maximum atomic E-state index is 13.5. The molecule has 17 heavy (non-hydrogen) atoms. The summed E-state index contributed by atoms with van der Waals surface area (Å²) in [5.74, 6) is 0.0291. The SMILES string of the molecule is O=[N+]([O-])c1ccc(F)c(CC2CCCNC2)c1. The molecule has 1 aromatic rings. The number of piperidine rings is 1. The monoisotopic (exact) mass is 238 g/mol. The van der Waals surface area contributed by atoms with E-state index in [1.807, 2.05) is 0 Å². The lowest BCUT2D eigenvalue weighted by Crippen LogP contribution is -2.31. The molecule has 0 amide bonds. The van der Waals surface area contributed by atoms with Gasteiger partial charge < -0.3 is 5.32 Å². The van der Waals surface area contributed by atoms with Gasteiger partial charge in [-0.3, -0.25) is 10.1 Å². The normalized spacial score (nSPS) is 20.2. The number of hydrogen-bond donors (Lipinski definition) is 1. The van der Waals surface area contributed by atoms with Gasteiger partial charge in [-0.15, -0.1) is 0 Å². The fraction of sp³-hybridized carbons (Fsp3) is 0.500. The van der Waals surface area contributed by atoms with Crippen LogP contribution in [0.3, 0.4) is 0 Å². The summed E-state index contributed by atoms with van der Waals surface area (Å²) in [6, 6.07) is 3.74. The van der Waals surface area contributed by atoms with Crippen molar-refractivity contribution in [3.63, 3.8) is 0 Å². The predicted octanol–water partition coefficient (Wildman–Crippen LogP) is 2.28. The summed E-state index contributed by atoms with van der Waals surface area (Å²) in [4.78, 5) is 10.1. The van der Waals surface area contributed by atoms with E-state index in [4.69, 9.17) is 0 Å². The van der Waals surface area contributed by atoms with Crippen molar-refractivity contribution in [3.8, 4) is 0 Å². The zero-order chi connectivity index (χ0) is 12.3. The first-order valence-electron chi connectivity index (χ1n) is 5.80. The lowest BCUT2D eigenvalue weighted by atomic mass is 9.92. The van der Waals surface area contributed by atoms with Crippen LogP contribution >= 0.6 is 0 Å². The second kappa shape index (κ2) is 5.23. The van der Waals surface area contributed by atoms with E-state index in [2.05, 4.69) is 5.32 Å². The average Bonchev–Trinajstić information content (AvgIpc) is 2.33. The molecule has 1 atom stereocenters. The third-order valence-electron chi connectivity index (χ3n) is 3.15. The van der Waals surface area contributed by atoms with Crippen molar-refractivity contribution < 1.29 is 9.31 Å². The maximum Gasteiger partial charge on any atom is 0.269 e. The van der Waals surface area contributed by atoms with Gasteiger partial charge in [-0.1, -0.05) is 0 Å². The molecule has 0 bridgehead atoms. The number of halogens is 1. The molecule has 1 fully saturated rings. The largest absolute Gasteiger partial charge is 0.316 e. The van der Waals surface area contributed by atoms with E-state index in [9.17, 15) is 14.5 Å². The summed E-state index contributed by atoms with van der Waals surface area (Å²) >= 11 is 0. The van der Waals surface area contributed by atoms with E-state index in [-0.39, 0.29) is 11.5 Å². The molecule has 2 rings (SSSR count). The van der Waals surface area contributed by atoms with Gasteiger partial charge >= 0.3 is 0 Å². The third-order valence-corrected chi connectivity index (χ3v) is 3.15. The topological polar surface area (TPSA) is 55.2 Å². The van der Waals surface area contributed by atoms with Crippen molar-refractivity contribution in [2.24, 2.45) is 5.92 Å². The van der Waals surface area contributed by atoms with Gasteiger partial charge in [0.1, 0.15) is 5.82 Å². The van der Waals surface area contributed by atoms with Crippen LogP contribution in [-0.2, 0) is 6.42 Å². The summed E-state index contributed by atoms with van der Waals surface area (Å²) in [6.07, 6.45) is 2.71. The molecule has 1 N–H and O–H groups in total. The quantitative estimate of drug-likeness (QED) is 0.649. The molecule has 0 radical (unpaired) electrons. The Morgan fingerprint density at radius 1 is 1.53 bits per heavy atom. The summed E-state index contributed by atoms with van der Waals surface area (Å²) in [7, 11) is 0. The highest BCUT2D eigenvalue weighted by Crippen LogP contribution is 2.22. The lowest BCUT2D eigenvalue weighted by Gasteiger charge is -2.22. The van der Waals surface area contributed by atoms with Crippen molar-refractivity contribution in [1.29, 1.82) is 0 Å². The van der Waals surface area contributed by atoms with Crippen LogP contribution in [0.15, 0.2) is 18.2 Å². The Kier molecular flexibility index (Phi) is 3.68. The van der Waals surface area contributed by atoms with Gasteiger partial charge in [0.25, 0.3) is 5.69 Å². The molecule has 0 aliphatic carbocycles. The molecular formula is C12H15FN2O2.